The minimum absolute atomic E-state index is 0.271. The molecule has 0 unspecified atom stereocenters. The second-order valence-corrected chi connectivity index (χ2v) is 8.66. The first kappa shape index (κ1) is 24.7. The quantitative estimate of drug-likeness (QED) is 0.403. The van der Waals surface area contributed by atoms with Gasteiger partial charge in [0.25, 0.3) is 5.91 Å². The number of piperidine rings is 1. The van der Waals surface area contributed by atoms with Crippen LogP contribution in [0, 0.1) is 0 Å². The van der Waals surface area contributed by atoms with Gasteiger partial charge in [-0.1, -0.05) is 6.07 Å². The Morgan fingerprint density at radius 2 is 1.83 bits per heavy atom. The van der Waals surface area contributed by atoms with Crippen LogP contribution in [0.2, 0.25) is 0 Å². The molecule has 3 aromatic rings. The Morgan fingerprint density at radius 1 is 1.06 bits per heavy atom. The second-order valence-electron chi connectivity index (χ2n) is 7.85. The van der Waals surface area contributed by atoms with Crippen molar-refractivity contribution in [1.82, 2.24) is 15.0 Å². The fraction of sp³-hybridized carbons (Fsp3) is 0.333. The summed E-state index contributed by atoms with van der Waals surface area (Å²) in [7, 11) is 4.86. The SMILES string of the molecule is COc1cc(Nc2nc(N3CCC(OC)CC3)ncc2OC)ccc1NC(=O)c1cccc(Br)n1. The van der Waals surface area contributed by atoms with E-state index < -0.39 is 0 Å². The fourth-order valence-corrected chi connectivity index (χ4v) is 4.12. The minimum Gasteiger partial charge on any atom is -0.494 e. The molecule has 11 heteroatoms. The highest BCUT2D eigenvalue weighted by molar-refractivity contribution is 9.10. The lowest BCUT2D eigenvalue weighted by Crippen LogP contribution is -2.37. The predicted octanol–water partition coefficient (Wildman–Crippen LogP) is 4.26. The van der Waals surface area contributed by atoms with E-state index in [9.17, 15) is 4.79 Å². The molecule has 10 nitrogen and oxygen atoms in total. The van der Waals surface area contributed by atoms with Gasteiger partial charge in [0, 0.05) is 32.0 Å². The van der Waals surface area contributed by atoms with Crippen LogP contribution in [0.5, 0.6) is 11.5 Å². The Balaban J connectivity index is 1.52. The van der Waals surface area contributed by atoms with Crippen LogP contribution in [0.1, 0.15) is 23.3 Å². The van der Waals surface area contributed by atoms with E-state index in [1.54, 1.807) is 57.9 Å². The first-order valence-corrected chi connectivity index (χ1v) is 11.9. The largest absolute Gasteiger partial charge is 0.494 e. The van der Waals surface area contributed by atoms with Crippen molar-refractivity contribution in [2.75, 3.05) is 50.0 Å². The predicted molar refractivity (Wildman–Crippen MR) is 137 cm³/mol. The number of hydrogen-bond donors (Lipinski definition) is 2. The van der Waals surface area contributed by atoms with Crippen LogP contribution in [0.25, 0.3) is 0 Å². The third-order valence-electron chi connectivity index (χ3n) is 5.68. The van der Waals surface area contributed by atoms with E-state index >= 15 is 0 Å². The number of hydrogen-bond acceptors (Lipinski definition) is 9. The number of carbonyl (C=O) groups excluding carboxylic acids is 1. The van der Waals surface area contributed by atoms with Crippen LogP contribution in [0.15, 0.2) is 47.2 Å². The monoisotopic (exact) mass is 542 g/mol. The minimum atomic E-state index is -0.343. The number of anilines is 4. The van der Waals surface area contributed by atoms with Gasteiger partial charge < -0.3 is 29.7 Å². The van der Waals surface area contributed by atoms with Gasteiger partial charge in [-0.25, -0.2) is 9.97 Å². The number of rotatable bonds is 8. The molecule has 3 heterocycles. The molecule has 0 aliphatic carbocycles. The lowest BCUT2D eigenvalue weighted by Gasteiger charge is -2.31. The Labute approximate surface area is 212 Å². The maximum atomic E-state index is 12.6. The highest BCUT2D eigenvalue weighted by atomic mass is 79.9. The van der Waals surface area contributed by atoms with E-state index in [0.717, 1.165) is 25.9 Å². The molecule has 1 saturated heterocycles. The zero-order valence-corrected chi connectivity index (χ0v) is 21.3. The first-order chi connectivity index (χ1) is 17.0. The number of nitrogens with zero attached hydrogens (tertiary/aromatic N) is 4. The zero-order valence-electron chi connectivity index (χ0n) is 19.7. The van der Waals surface area contributed by atoms with Crippen LogP contribution in [-0.4, -0.2) is 61.4 Å². The number of amides is 1. The summed E-state index contributed by atoms with van der Waals surface area (Å²) in [6.07, 6.45) is 3.78. The molecule has 1 aliphatic rings. The summed E-state index contributed by atoms with van der Waals surface area (Å²) in [6, 6.07) is 10.5. The van der Waals surface area contributed by atoms with Crippen molar-refractivity contribution in [3.8, 4) is 11.5 Å². The average Bonchev–Trinajstić information content (AvgIpc) is 2.89. The highest BCUT2D eigenvalue weighted by Crippen LogP contribution is 2.33. The number of carbonyl (C=O) groups is 1. The number of halogens is 1. The van der Waals surface area contributed by atoms with Gasteiger partial charge in [0.05, 0.1) is 32.2 Å². The number of ether oxygens (including phenoxy) is 3. The van der Waals surface area contributed by atoms with E-state index in [-0.39, 0.29) is 17.7 Å². The van der Waals surface area contributed by atoms with Crippen molar-refractivity contribution in [2.45, 2.75) is 18.9 Å². The summed E-state index contributed by atoms with van der Waals surface area (Å²) in [5.41, 5.74) is 1.51. The Kier molecular flexibility index (Phi) is 7.98. The summed E-state index contributed by atoms with van der Waals surface area (Å²) in [5.74, 6) is 1.80. The van der Waals surface area contributed by atoms with Crippen molar-refractivity contribution in [1.29, 1.82) is 0 Å². The van der Waals surface area contributed by atoms with Crippen LogP contribution < -0.4 is 25.0 Å². The van der Waals surface area contributed by atoms with E-state index in [1.165, 1.54) is 0 Å². The number of pyridine rings is 1. The Bertz CT molecular complexity index is 1190. The molecule has 35 heavy (non-hydrogen) atoms. The normalized spacial score (nSPS) is 13.9. The molecule has 0 bridgehead atoms. The molecule has 0 saturated carbocycles. The van der Waals surface area contributed by atoms with Gasteiger partial charge in [-0.15, -0.1) is 0 Å². The molecule has 184 valence electrons. The molecule has 0 atom stereocenters. The molecule has 0 spiro atoms. The first-order valence-electron chi connectivity index (χ1n) is 11.1. The maximum Gasteiger partial charge on any atom is 0.274 e. The van der Waals surface area contributed by atoms with Gasteiger partial charge in [0.1, 0.15) is 16.0 Å². The van der Waals surface area contributed by atoms with Crippen LogP contribution in [0.3, 0.4) is 0 Å². The Morgan fingerprint density at radius 3 is 2.51 bits per heavy atom. The Hall–Kier alpha value is -3.44. The molecular weight excluding hydrogens is 516 g/mol. The zero-order chi connectivity index (χ0) is 24.8. The van der Waals surface area contributed by atoms with Gasteiger partial charge in [0.15, 0.2) is 11.6 Å². The second kappa shape index (κ2) is 11.3. The molecule has 2 N–H and O–H groups in total. The molecule has 4 rings (SSSR count). The highest BCUT2D eigenvalue weighted by Gasteiger charge is 2.22. The van der Waals surface area contributed by atoms with Crippen molar-refractivity contribution in [3.05, 3.63) is 52.9 Å². The number of methoxy groups -OCH3 is 3. The fourth-order valence-electron chi connectivity index (χ4n) is 3.77. The van der Waals surface area contributed by atoms with Gasteiger partial charge in [-0.2, -0.15) is 4.98 Å². The van der Waals surface area contributed by atoms with E-state index in [1.807, 2.05) is 6.07 Å². The molecule has 1 aliphatic heterocycles. The summed E-state index contributed by atoms with van der Waals surface area (Å²) >= 11 is 3.28. The molecular formula is C24H27BrN6O4. The molecule has 2 aromatic heterocycles. The number of nitrogens with one attached hydrogen (secondary N) is 2. The average molecular weight is 543 g/mol. The molecule has 0 radical (unpaired) electrons. The molecule has 1 amide bonds. The van der Waals surface area contributed by atoms with Crippen molar-refractivity contribution >= 4 is 45.0 Å². The van der Waals surface area contributed by atoms with Crippen molar-refractivity contribution < 1.29 is 19.0 Å². The van der Waals surface area contributed by atoms with E-state index in [0.29, 0.717) is 39.2 Å². The van der Waals surface area contributed by atoms with Gasteiger partial charge >= 0.3 is 0 Å². The summed E-state index contributed by atoms with van der Waals surface area (Å²) in [6.45, 7) is 1.64. The van der Waals surface area contributed by atoms with Gasteiger partial charge in [-0.3, -0.25) is 4.79 Å². The van der Waals surface area contributed by atoms with Gasteiger partial charge in [0.2, 0.25) is 5.95 Å². The number of benzene rings is 1. The summed E-state index contributed by atoms with van der Waals surface area (Å²) < 4.78 is 17.0. The lowest BCUT2D eigenvalue weighted by atomic mass is 10.1. The van der Waals surface area contributed by atoms with Gasteiger partial charge in [-0.05, 0) is 53.0 Å². The summed E-state index contributed by atoms with van der Waals surface area (Å²) in [5, 5.41) is 6.12. The van der Waals surface area contributed by atoms with E-state index in [4.69, 9.17) is 19.2 Å². The topological polar surface area (TPSA) is 111 Å². The third-order valence-corrected chi connectivity index (χ3v) is 6.12. The maximum absolute atomic E-state index is 12.6. The van der Waals surface area contributed by atoms with Crippen LogP contribution in [-0.2, 0) is 4.74 Å². The lowest BCUT2D eigenvalue weighted by molar-refractivity contribution is 0.0816. The standard InChI is InChI=1S/C24H27BrN6O4/c1-33-16-9-11-31(12-10-16)24-26-14-20(35-3)22(30-24)27-15-7-8-17(19(13-15)34-2)29-23(32)18-5-4-6-21(25)28-18/h4-8,13-14,16H,9-12H2,1-3H3,(H,29,32)(H,26,27,30). The molecule has 1 fully saturated rings. The smallest absolute Gasteiger partial charge is 0.274 e. The van der Waals surface area contributed by atoms with E-state index in [2.05, 4.69) is 41.4 Å². The third kappa shape index (κ3) is 5.98. The van der Waals surface area contributed by atoms with Crippen molar-refractivity contribution in [2.24, 2.45) is 0 Å². The summed E-state index contributed by atoms with van der Waals surface area (Å²) in [4.78, 5) is 28.1. The van der Waals surface area contributed by atoms with Crippen LogP contribution >= 0.6 is 15.9 Å². The molecule has 1 aromatic carbocycles. The van der Waals surface area contributed by atoms with Crippen molar-refractivity contribution in [3.63, 3.8) is 0 Å². The number of aromatic nitrogens is 3. The van der Waals surface area contributed by atoms with Crippen LogP contribution in [0.4, 0.5) is 23.1 Å².